The van der Waals surface area contributed by atoms with Crippen LogP contribution >= 0.6 is 0 Å². The second kappa shape index (κ2) is 1.92. The first-order chi connectivity index (χ1) is 4.77. The fourth-order valence-electron chi connectivity index (χ4n) is 0.755. The van der Waals surface area contributed by atoms with Crippen molar-refractivity contribution in [3.8, 4) is 0 Å². The molecular formula is C5H2F6. The van der Waals surface area contributed by atoms with Crippen molar-refractivity contribution in [2.45, 2.75) is 18.3 Å². The number of halogens is 6. The van der Waals surface area contributed by atoms with Crippen LogP contribution in [0, 0.1) is 0 Å². The summed E-state index contributed by atoms with van der Waals surface area (Å²) in [6, 6.07) is 0. The molecule has 0 amide bonds. The minimum Gasteiger partial charge on any atom is -0.202 e. The molecule has 11 heavy (non-hydrogen) atoms. The maximum atomic E-state index is 11.9. The third kappa shape index (κ3) is 1.10. The minimum atomic E-state index is -4.35. The van der Waals surface area contributed by atoms with E-state index in [1.807, 2.05) is 0 Å². The minimum absolute atomic E-state index is 2.11. The molecule has 0 aliphatic heterocycles. The average Bonchev–Trinajstić information content (AvgIpc) is 1.91. The van der Waals surface area contributed by atoms with E-state index in [0.717, 1.165) is 0 Å². The second-order valence-corrected chi connectivity index (χ2v) is 2.21. The summed E-state index contributed by atoms with van der Waals surface area (Å²) in [5.74, 6) is -14.0. The molecule has 0 atom stereocenters. The lowest BCUT2D eigenvalue weighted by Gasteiger charge is -2.08. The zero-order chi connectivity index (χ0) is 8.86. The third-order valence-corrected chi connectivity index (χ3v) is 1.28. The van der Waals surface area contributed by atoms with Gasteiger partial charge in [0.25, 0.3) is 0 Å². The highest BCUT2D eigenvalue weighted by Crippen LogP contribution is 2.50. The van der Waals surface area contributed by atoms with Crippen LogP contribution in [0.25, 0.3) is 0 Å². The first-order valence-corrected chi connectivity index (χ1v) is 2.59. The zero-order valence-corrected chi connectivity index (χ0v) is 4.97. The smallest absolute Gasteiger partial charge is 0.202 e. The summed E-state index contributed by atoms with van der Waals surface area (Å²) in [6.07, 6.45) is -2.11. The van der Waals surface area contributed by atoms with Gasteiger partial charge in [0.15, 0.2) is 0 Å². The summed E-state index contributed by atoms with van der Waals surface area (Å²) >= 11 is 0. The molecule has 1 aliphatic rings. The Labute approximate surface area is 57.5 Å². The van der Waals surface area contributed by atoms with E-state index < -0.39 is 29.9 Å². The highest BCUT2D eigenvalue weighted by atomic mass is 19.3. The Hall–Kier alpha value is -0.680. The lowest BCUT2D eigenvalue weighted by Crippen LogP contribution is -2.20. The largest absolute Gasteiger partial charge is 0.307 e. The molecule has 0 saturated carbocycles. The lowest BCUT2D eigenvalue weighted by molar-refractivity contribution is -0.0560. The Kier molecular flexibility index (Phi) is 1.47. The van der Waals surface area contributed by atoms with Gasteiger partial charge in [-0.05, 0) is 0 Å². The summed E-state index contributed by atoms with van der Waals surface area (Å²) in [7, 11) is 0. The predicted octanol–water partition coefficient (Wildman–Crippen LogP) is 2.81. The Morgan fingerprint density at radius 2 is 1.09 bits per heavy atom. The first kappa shape index (κ1) is 8.42. The predicted molar refractivity (Wildman–Crippen MR) is 23.8 cm³/mol. The van der Waals surface area contributed by atoms with Crippen molar-refractivity contribution >= 4 is 0 Å². The quantitative estimate of drug-likeness (QED) is 0.498. The molecule has 6 heteroatoms. The van der Waals surface area contributed by atoms with Crippen LogP contribution in [0.2, 0.25) is 0 Å². The molecule has 0 spiro atoms. The molecule has 0 saturated heterocycles. The van der Waals surface area contributed by atoms with Gasteiger partial charge >= 0.3 is 11.8 Å². The fraction of sp³-hybridized carbons (Fsp3) is 0.600. The van der Waals surface area contributed by atoms with Gasteiger partial charge in [-0.1, -0.05) is 0 Å². The fourth-order valence-corrected chi connectivity index (χ4v) is 0.755. The molecule has 0 N–H and O–H groups in total. The van der Waals surface area contributed by atoms with Crippen LogP contribution in [-0.4, -0.2) is 11.8 Å². The summed E-state index contributed by atoms with van der Waals surface area (Å²) < 4.78 is 71.5. The van der Waals surface area contributed by atoms with Crippen LogP contribution in [0.3, 0.4) is 0 Å². The van der Waals surface area contributed by atoms with Gasteiger partial charge in [0.1, 0.15) is 0 Å². The zero-order valence-electron chi connectivity index (χ0n) is 4.97. The van der Waals surface area contributed by atoms with Crippen molar-refractivity contribution in [3.05, 3.63) is 11.7 Å². The highest BCUT2D eigenvalue weighted by Gasteiger charge is 2.59. The Balaban J connectivity index is 3.09. The van der Waals surface area contributed by atoms with Crippen molar-refractivity contribution in [2.75, 3.05) is 0 Å². The summed E-state index contributed by atoms with van der Waals surface area (Å²) in [5.41, 5.74) is 0. The topological polar surface area (TPSA) is 0 Å². The molecule has 0 nitrogen and oxygen atoms in total. The lowest BCUT2D eigenvalue weighted by atomic mass is 10.2. The molecule has 0 aromatic heterocycles. The molecule has 0 radical (unpaired) electrons. The Morgan fingerprint density at radius 3 is 1.18 bits per heavy atom. The number of hydrogen-bond acceptors (Lipinski definition) is 0. The van der Waals surface area contributed by atoms with Crippen LogP contribution in [0.15, 0.2) is 11.7 Å². The number of rotatable bonds is 0. The van der Waals surface area contributed by atoms with Crippen LogP contribution in [0.5, 0.6) is 0 Å². The van der Waals surface area contributed by atoms with E-state index in [9.17, 15) is 26.3 Å². The van der Waals surface area contributed by atoms with Gasteiger partial charge in [-0.15, -0.1) is 0 Å². The molecule has 0 heterocycles. The Morgan fingerprint density at radius 1 is 0.818 bits per heavy atom. The molecule has 0 bridgehead atoms. The number of alkyl halides is 4. The number of allylic oxidation sites excluding steroid dienone is 2. The van der Waals surface area contributed by atoms with Gasteiger partial charge in [-0.3, -0.25) is 0 Å². The van der Waals surface area contributed by atoms with Crippen LogP contribution < -0.4 is 0 Å². The van der Waals surface area contributed by atoms with Crippen molar-refractivity contribution in [2.24, 2.45) is 0 Å². The van der Waals surface area contributed by atoms with Gasteiger partial charge in [0.05, 0.1) is 6.42 Å². The van der Waals surface area contributed by atoms with Crippen molar-refractivity contribution in [1.82, 2.24) is 0 Å². The van der Waals surface area contributed by atoms with Crippen LogP contribution in [0.4, 0.5) is 26.3 Å². The van der Waals surface area contributed by atoms with E-state index in [1.165, 1.54) is 0 Å². The van der Waals surface area contributed by atoms with Crippen LogP contribution in [-0.2, 0) is 0 Å². The van der Waals surface area contributed by atoms with Gasteiger partial charge in [-0.2, -0.15) is 17.6 Å². The second-order valence-electron chi connectivity index (χ2n) is 2.21. The molecule has 0 aromatic rings. The van der Waals surface area contributed by atoms with E-state index in [1.54, 1.807) is 0 Å². The normalized spacial score (nSPS) is 27.8. The average molecular weight is 176 g/mol. The maximum absolute atomic E-state index is 11.9. The van der Waals surface area contributed by atoms with Crippen LogP contribution in [0.1, 0.15) is 6.42 Å². The monoisotopic (exact) mass is 176 g/mol. The van der Waals surface area contributed by atoms with Gasteiger partial charge < -0.3 is 0 Å². The molecule has 1 aliphatic carbocycles. The molecule has 0 unspecified atom stereocenters. The van der Waals surface area contributed by atoms with E-state index >= 15 is 0 Å². The van der Waals surface area contributed by atoms with E-state index in [-0.39, 0.29) is 0 Å². The molecule has 64 valence electrons. The summed E-state index contributed by atoms with van der Waals surface area (Å²) in [6.45, 7) is 0. The third-order valence-electron chi connectivity index (χ3n) is 1.28. The van der Waals surface area contributed by atoms with Gasteiger partial charge in [0.2, 0.25) is 11.7 Å². The number of hydrogen-bond donors (Lipinski definition) is 0. The van der Waals surface area contributed by atoms with Crippen molar-refractivity contribution < 1.29 is 26.3 Å². The van der Waals surface area contributed by atoms with Gasteiger partial charge in [-0.25, -0.2) is 8.78 Å². The SMILES string of the molecule is FC1=C(F)C(F)(F)CC1(F)F. The molecule has 0 fully saturated rings. The summed E-state index contributed by atoms with van der Waals surface area (Å²) in [4.78, 5) is 0. The van der Waals surface area contributed by atoms with Crippen molar-refractivity contribution in [1.29, 1.82) is 0 Å². The molecule has 1 rings (SSSR count). The molecular weight excluding hydrogens is 174 g/mol. The first-order valence-electron chi connectivity index (χ1n) is 2.59. The van der Waals surface area contributed by atoms with Gasteiger partial charge in [0, 0.05) is 0 Å². The Bertz CT molecular complexity index is 193. The highest BCUT2D eigenvalue weighted by molar-refractivity contribution is 5.24. The molecule has 0 aromatic carbocycles. The van der Waals surface area contributed by atoms with E-state index in [4.69, 9.17) is 0 Å². The standard InChI is InChI=1S/C5H2F6/c6-2-3(7)5(10,11)1-4(2,8)9/h1H2. The van der Waals surface area contributed by atoms with E-state index in [2.05, 4.69) is 0 Å². The summed E-state index contributed by atoms with van der Waals surface area (Å²) in [5, 5.41) is 0. The van der Waals surface area contributed by atoms with E-state index in [0.29, 0.717) is 0 Å². The van der Waals surface area contributed by atoms with Crippen molar-refractivity contribution in [3.63, 3.8) is 0 Å². The maximum Gasteiger partial charge on any atom is 0.307 e.